The fraction of sp³-hybridized carbons (Fsp3) is 1.00. The molecule has 84 valence electrons. The van der Waals surface area contributed by atoms with Crippen molar-refractivity contribution in [2.75, 3.05) is 6.54 Å². The molecule has 1 nitrogen and oxygen atoms in total. The largest absolute Gasteiger partial charge is 0.311 e. The van der Waals surface area contributed by atoms with E-state index in [0.29, 0.717) is 12.6 Å². The predicted octanol–water partition coefficient (Wildman–Crippen LogP) is 3.08. The van der Waals surface area contributed by atoms with E-state index in [2.05, 4.69) is 5.32 Å². The zero-order chi connectivity index (χ0) is 9.10. The summed E-state index contributed by atoms with van der Waals surface area (Å²) in [6.07, 6.45) is 8.34. The van der Waals surface area contributed by atoms with E-state index in [1.807, 2.05) is 0 Å². The minimum absolute atomic E-state index is 0. The Morgan fingerprint density at radius 2 is 1.64 bits per heavy atom. The normalized spacial score (nSPS) is 34.9. The summed E-state index contributed by atoms with van der Waals surface area (Å²) in [5.74, 6) is 0.767. The second-order valence-corrected chi connectivity index (χ2v) is 4.60. The zero-order valence-electron chi connectivity index (χ0n) is 8.68. The van der Waals surface area contributed by atoms with Gasteiger partial charge in [0.1, 0.15) is 6.17 Å². The maximum Gasteiger partial charge on any atom is 0.114 e. The summed E-state index contributed by atoms with van der Waals surface area (Å²) in [6.45, 7) is 0.598. The van der Waals surface area contributed by atoms with E-state index in [1.54, 1.807) is 0 Å². The number of rotatable bonds is 1. The third-order valence-corrected chi connectivity index (χ3v) is 3.58. The molecule has 0 bridgehead atoms. The molecule has 2 aliphatic rings. The first-order valence-electron chi connectivity index (χ1n) is 5.74. The van der Waals surface area contributed by atoms with Crippen LogP contribution in [0.5, 0.6) is 0 Å². The average molecular weight is 222 g/mol. The zero-order valence-corrected chi connectivity index (χ0v) is 9.49. The Labute approximate surface area is 92.2 Å². The van der Waals surface area contributed by atoms with Gasteiger partial charge in [0.2, 0.25) is 0 Å². The molecule has 2 atom stereocenters. The van der Waals surface area contributed by atoms with Crippen molar-refractivity contribution in [3.63, 3.8) is 0 Å². The van der Waals surface area contributed by atoms with Gasteiger partial charge in [0.25, 0.3) is 0 Å². The smallest absolute Gasteiger partial charge is 0.114 e. The third kappa shape index (κ3) is 3.09. The van der Waals surface area contributed by atoms with Gasteiger partial charge in [-0.1, -0.05) is 25.7 Å². The molecule has 2 fully saturated rings. The lowest BCUT2D eigenvalue weighted by molar-refractivity contribution is 0.315. The quantitative estimate of drug-likeness (QED) is 0.672. The Kier molecular flexibility index (Phi) is 5.18. The van der Waals surface area contributed by atoms with Crippen LogP contribution in [0.2, 0.25) is 0 Å². The fourth-order valence-electron chi connectivity index (χ4n) is 2.79. The first-order valence-corrected chi connectivity index (χ1v) is 5.74. The van der Waals surface area contributed by atoms with E-state index in [0.717, 1.165) is 12.3 Å². The second kappa shape index (κ2) is 5.92. The summed E-state index contributed by atoms with van der Waals surface area (Å²) in [5, 5.41) is 3.33. The molecular weight excluding hydrogens is 201 g/mol. The van der Waals surface area contributed by atoms with E-state index in [1.165, 1.54) is 38.5 Å². The summed E-state index contributed by atoms with van der Waals surface area (Å²) >= 11 is 0. The van der Waals surface area contributed by atoms with E-state index >= 15 is 0 Å². The SMILES string of the molecule is Cl.FC1CNC(C2CCCCCC2)C1. The molecule has 1 saturated carbocycles. The maximum atomic E-state index is 13.0. The highest BCUT2D eigenvalue weighted by atomic mass is 35.5. The molecule has 0 radical (unpaired) electrons. The summed E-state index contributed by atoms with van der Waals surface area (Å²) in [7, 11) is 0. The topological polar surface area (TPSA) is 12.0 Å². The van der Waals surface area contributed by atoms with Gasteiger partial charge in [-0.15, -0.1) is 12.4 Å². The highest BCUT2D eigenvalue weighted by molar-refractivity contribution is 5.85. The summed E-state index contributed by atoms with van der Waals surface area (Å²) < 4.78 is 13.0. The van der Waals surface area contributed by atoms with Crippen molar-refractivity contribution in [2.24, 2.45) is 5.92 Å². The third-order valence-electron chi connectivity index (χ3n) is 3.58. The number of nitrogens with one attached hydrogen (secondary N) is 1. The van der Waals surface area contributed by atoms with Gasteiger partial charge in [-0.3, -0.25) is 0 Å². The van der Waals surface area contributed by atoms with Crippen molar-refractivity contribution in [3.8, 4) is 0 Å². The first-order chi connectivity index (χ1) is 6.36. The van der Waals surface area contributed by atoms with Crippen LogP contribution < -0.4 is 5.32 Å². The van der Waals surface area contributed by atoms with Gasteiger partial charge in [-0.05, 0) is 25.2 Å². The Hall–Kier alpha value is 0.180. The van der Waals surface area contributed by atoms with Gasteiger partial charge in [0, 0.05) is 12.6 Å². The molecule has 1 heterocycles. The van der Waals surface area contributed by atoms with Crippen molar-refractivity contribution in [3.05, 3.63) is 0 Å². The molecular formula is C11H21ClFN. The summed E-state index contributed by atoms with van der Waals surface area (Å²) in [4.78, 5) is 0. The Balaban J connectivity index is 0.000000980. The Morgan fingerprint density at radius 3 is 2.14 bits per heavy atom. The summed E-state index contributed by atoms with van der Waals surface area (Å²) in [5.41, 5.74) is 0. The lowest BCUT2D eigenvalue weighted by Gasteiger charge is -2.21. The molecule has 1 aliphatic carbocycles. The molecule has 3 heteroatoms. The van der Waals surface area contributed by atoms with Crippen LogP contribution in [-0.2, 0) is 0 Å². The van der Waals surface area contributed by atoms with Crippen LogP contribution in [0.15, 0.2) is 0 Å². The van der Waals surface area contributed by atoms with Crippen LogP contribution in [0.25, 0.3) is 0 Å². The average Bonchev–Trinajstić information content (AvgIpc) is 2.43. The number of hydrogen-bond donors (Lipinski definition) is 1. The monoisotopic (exact) mass is 221 g/mol. The van der Waals surface area contributed by atoms with Gasteiger partial charge in [-0.2, -0.15) is 0 Å². The minimum atomic E-state index is -0.576. The van der Waals surface area contributed by atoms with E-state index in [9.17, 15) is 4.39 Å². The van der Waals surface area contributed by atoms with E-state index < -0.39 is 6.17 Å². The molecule has 0 aromatic heterocycles. The van der Waals surface area contributed by atoms with E-state index in [4.69, 9.17) is 0 Å². The highest BCUT2D eigenvalue weighted by Crippen LogP contribution is 2.29. The van der Waals surface area contributed by atoms with Crippen LogP contribution in [0.1, 0.15) is 44.9 Å². The van der Waals surface area contributed by atoms with Crippen LogP contribution >= 0.6 is 12.4 Å². The molecule has 1 saturated heterocycles. The molecule has 0 amide bonds. The van der Waals surface area contributed by atoms with Crippen LogP contribution in [0, 0.1) is 5.92 Å². The lowest BCUT2D eigenvalue weighted by atomic mass is 9.91. The number of alkyl halides is 1. The van der Waals surface area contributed by atoms with Gasteiger partial charge < -0.3 is 5.32 Å². The highest BCUT2D eigenvalue weighted by Gasteiger charge is 2.30. The lowest BCUT2D eigenvalue weighted by Crippen LogP contribution is -2.30. The van der Waals surface area contributed by atoms with Gasteiger partial charge in [0.15, 0.2) is 0 Å². The van der Waals surface area contributed by atoms with Crippen LogP contribution in [0.3, 0.4) is 0 Å². The van der Waals surface area contributed by atoms with Crippen molar-refractivity contribution < 1.29 is 4.39 Å². The summed E-state index contributed by atoms with van der Waals surface area (Å²) in [6, 6.07) is 0.494. The number of hydrogen-bond acceptors (Lipinski definition) is 1. The minimum Gasteiger partial charge on any atom is -0.311 e. The standard InChI is InChI=1S/C11H20FN.ClH/c12-10-7-11(13-8-10)9-5-3-1-2-4-6-9;/h9-11,13H,1-8H2;1H. The second-order valence-electron chi connectivity index (χ2n) is 4.60. The molecule has 0 spiro atoms. The molecule has 2 unspecified atom stereocenters. The number of halogens is 2. The Morgan fingerprint density at radius 1 is 1.00 bits per heavy atom. The predicted molar refractivity (Wildman–Crippen MR) is 59.7 cm³/mol. The molecule has 14 heavy (non-hydrogen) atoms. The molecule has 1 N–H and O–H groups in total. The Bertz CT molecular complexity index is 157. The van der Waals surface area contributed by atoms with Gasteiger partial charge in [0.05, 0.1) is 0 Å². The van der Waals surface area contributed by atoms with Gasteiger partial charge in [-0.25, -0.2) is 4.39 Å². The first kappa shape index (κ1) is 12.3. The van der Waals surface area contributed by atoms with Crippen molar-refractivity contribution in [2.45, 2.75) is 57.2 Å². The van der Waals surface area contributed by atoms with Crippen molar-refractivity contribution >= 4 is 12.4 Å². The van der Waals surface area contributed by atoms with Crippen LogP contribution in [0.4, 0.5) is 4.39 Å². The van der Waals surface area contributed by atoms with Crippen LogP contribution in [-0.4, -0.2) is 18.8 Å². The molecule has 0 aromatic carbocycles. The molecule has 1 aliphatic heterocycles. The van der Waals surface area contributed by atoms with Crippen molar-refractivity contribution in [1.82, 2.24) is 5.32 Å². The maximum absolute atomic E-state index is 13.0. The van der Waals surface area contributed by atoms with E-state index in [-0.39, 0.29) is 12.4 Å². The fourth-order valence-corrected chi connectivity index (χ4v) is 2.79. The molecule has 2 rings (SSSR count). The van der Waals surface area contributed by atoms with Gasteiger partial charge >= 0.3 is 0 Å². The molecule has 0 aromatic rings. The van der Waals surface area contributed by atoms with Crippen molar-refractivity contribution in [1.29, 1.82) is 0 Å².